The van der Waals surface area contributed by atoms with Gasteiger partial charge in [-0.2, -0.15) is 0 Å². The second kappa shape index (κ2) is 5.02. The van der Waals surface area contributed by atoms with E-state index in [0.29, 0.717) is 24.0 Å². The third kappa shape index (κ3) is 2.69. The Labute approximate surface area is 117 Å². The third-order valence-electron chi connectivity index (χ3n) is 3.08. The summed E-state index contributed by atoms with van der Waals surface area (Å²) in [5.74, 6) is -1.25. The minimum absolute atomic E-state index is 0.0866. The average molecular weight is 328 g/mol. The highest BCUT2D eigenvalue weighted by molar-refractivity contribution is 9.10. The molecule has 0 unspecified atom stereocenters. The molecule has 0 saturated heterocycles. The van der Waals surface area contributed by atoms with Crippen LogP contribution in [0.3, 0.4) is 0 Å². The van der Waals surface area contributed by atoms with Gasteiger partial charge in [-0.3, -0.25) is 0 Å². The van der Waals surface area contributed by atoms with Crippen molar-refractivity contribution in [3.8, 4) is 11.4 Å². The van der Waals surface area contributed by atoms with Crippen LogP contribution in [0.5, 0.6) is 0 Å². The van der Waals surface area contributed by atoms with Crippen molar-refractivity contribution >= 4 is 15.9 Å². The molecule has 1 aromatic heterocycles. The SMILES string of the molecule is Fc1ccc(-c2ncc(CNC3CC3)[nH]2)c(Br)c1F. The second-order valence-electron chi connectivity index (χ2n) is 4.64. The lowest BCUT2D eigenvalue weighted by molar-refractivity contribution is 0.504. The predicted octanol–water partition coefficient (Wildman–Crippen LogP) is 3.37. The summed E-state index contributed by atoms with van der Waals surface area (Å²) in [6.45, 7) is 0.707. The van der Waals surface area contributed by atoms with E-state index in [4.69, 9.17) is 0 Å². The minimum atomic E-state index is -0.897. The van der Waals surface area contributed by atoms with Crippen molar-refractivity contribution in [1.29, 1.82) is 0 Å². The zero-order valence-corrected chi connectivity index (χ0v) is 11.6. The lowest BCUT2D eigenvalue weighted by Crippen LogP contribution is -2.15. The molecule has 3 nitrogen and oxygen atoms in total. The lowest BCUT2D eigenvalue weighted by atomic mass is 10.2. The summed E-state index contributed by atoms with van der Waals surface area (Å²) >= 11 is 3.06. The van der Waals surface area contributed by atoms with Gasteiger partial charge in [0.25, 0.3) is 0 Å². The molecular formula is C13H12BrF2N3. The molecule has 0 atom stereocenters. The van der Waals surface area contributed by atoms with Crippen molar-refractivity contribution < 1.29 is 8.78 Å². The van der Waals surface area contributed by atoms with Gasteiger partial charge in [0.05, 0.1) is 4.47 Å². The highest BCUT2D eigenvalue weighted by Crippen LogP contribution is 2.30. The normalized spacial score (nSPS) is 14.9. The number of aromatic nitrogens is 2. The number of rotatable bonds is 4. The summed E-state index contributed by atoms with van der Waals surface area (Å²) in [6.07, 6.45) is 4.14. The van der Waals surface area contributed by atoms with E-state index in [9.17, 15) is 8.78 Å². The molecule has 2 aromatic rings. The maximum Gasteiger partial charge on any atom is 0.173 e. The van der Waals surface area contributed by atoms with Crippen LogP contribution in [0.4, 0.5) is 8.78 Å². The van der Waals surface area contributed by atoms with Crippen molar-refractivity contribution in [1.82, 2.24) is 15.3 Å². The maximum absolute atomic E-state index is 13.5. The molecular weight excluding hydrogens is 316 g/mol. The Hall–Kier alpha value is -1.27. The number of nitrogens with zero attached hydrogens (tertiary/aromatic N) is 1. The summed E-state index contributed by atoms with van der Waals surface area (Å²) < 4.78 is 26.6. The van der Waals surface area contributed by atoms with Crippen molar-refractivity contribution in [3.63, 3.8) is 0 Å². The van der Waals surface area contributed by atoms with Gasteiger partial charge in [-0.25, -0.2) is 13.8 Å². The Morgan fingerprint density at radius 1 is 1.37 bits per heavy atom. The highest BCUT2D eigenvalue weighted by atomic mass is 79.9. The molecule has 0 spiro atoms. The highest BCUT2D eigenvalue weighted by Gasteiger charge is 2.20. The van der Waals surface area contributed by atoms with Gasteiger partial charge in [-0.15, -0.1) is 0 Å². The third-order valence-corrected chi connectivity index (χ3v) is 3.85. The summed E-state index contributed by atoms with van der Waals surface area (Å²) in [7, 11) is 0. The fourth-order valence-electron chi connectivity index (χ4n) is 1.84. The smallest absolute Gasteiger partial charge is 0.173 e. The molecule has 0 radical (unpaired) electrons. The Morgan fingerprint density at radius 2 is 2.16 bits per heavy atom. The number of hydrogen-bond donors (Lipinski definition) is 2. The Balaban J connectivity index is 1.83. The summed E-state index contributed by atoms with van der Waals surface area (Å²) in [6, 6.07) is 3.21. The van der Waals surface area contributed by atoms with Crippen LogP contribution in [0.2, 0.25) is 0 Å². The van der Waals surface area contributed by atoms with Gasteiger partial charge in [0.1, 0.15) is 5.82 Å². The first-order chi connectivity index (χ1) is 9.15. The van der Waals surface area contributed by atoms with E-state index in [1.807, 2.05) is 0 Å². The Bertz CT molecular complexity index is 608. The van der Waals surface area contributed by atoms with Gasteiger partial charge in [0.2, 0.25) is 0 Å². The topological polar surface area (TPSA) is 40.7 Å². The van der Waals surface area contributed by atoms with E-state index >= 15 is 0 Å². The maximum atomic E-state index is 13.5. The van der Waals surface area contributed by atoms with Crippen molar-refractivity contribution in [2.75, 3.05) is 0 Å². The van der Waals surface area contributed by atoms with E-state index in [1.54, 1.807) is 6.20 Å². The molecule has 1 aliphatic carbocycles. The molecule has 3 rings (SSSR count). The summed E-state index contributed by atoms with van der Waals surface area (Å²) in [4.78, 5) is 7.31. The van der Waals surface area contributed by atoms with Crippen molar-refractivity contribution in [2.24, 2.45) is 0 Å². The molecule has 0 aliphatic heterocycles. The molecule has 0 bridgehead atoms. The molecule has 0 amide bonds. The van der Waals surface area contributed by atoms with Gasteiger partial charge in [0, 0.05) is 30.0 Å². The molecule has 6 heteroatoms. The number of H-pyrrole nitrogens is 1. The van der Waals surface area contributed by atoms with Gasteiger partial charge in [-0.1, -0.05) is 0 Å². The van der Waals surface area contributed by atoms with Crippen LogP contribution in [-0.4, -0.2) is 16.0 Å². The molecule has 1 fully saturated rings. The first-order valence-corrected chi connectivity index (χ1v) is 6.85. The van der Waals surface area contributed by atoms with E-state index in [0.717, 1.165) is 11.8 Å². The number of nitrogens with one attached hydrogen (secondary N) is 2. The van der Waals surface area contributed by atoms with E-state index < -0.39 is 11.6 Å². The number of aromatic amines is 1. The zero-order valence-electron chi connectivity index (χ0n) is 10.0. The van der Waals surface area contributed by atoms with Crippen LogP contribution in [0.1, 0.15) is 18.5 Å². The van der Waals surface area contributed by atoms with Crippen molar-refractivity contribution in [3.05, 3.63) is 40.1 Å². The van der Waals surface area contributed by atoms with Crippen LogP contribution in [0, 0.1) is 11.6 Å². The average Bonchev–Trinajstić information content (AvgIpc) is 3.12. The predicted molar refractivity (Wildman–Crippen MR) is 71.5 cm³/mol. The molecule has 1 heterocycles. The lowest BCUT2D eigenvalue weighted by Gasteiger charge is -2.03. The number of hydrogen-bond acceptors (Lipinski definition) is 2. The number of imidazole rings is 1. The van der Waals surface area contributed by atoms with Crippen LogP contribution in [-0.2, 0) is 6.54 Å². The first-order valence-electron chi connectivity index (χ1n) is 6.06. The Morgan fingerprint density at radius 3 is 2.89 bits per heavy atom. The number of benzene rings is 1. The molecule has 19 heavy (non-hydrogen) atoms. The monoisotopic (exact) mass is 327 g/mol. The fraction of sp³-hybridized carbons (Fsp3) is 0.308. The van der Waals surface area contributed by atoms with Crippen LogP contribution in [0.25, 0.3) is 11.4 Å². The molecule has 100 valence electrons. The molecule has 2 N–H and O–H groups in total. The molecule has 1 aliphatic rings. The second-order valence-corrected chi connectivity index (χ2v) is 5.43. The van der Waals surface area contributed by atoms with Crippen LogP contribution in [0.15, 0.2) is 22.8 Å². The van der Waals surface area contributed by atoms with Gasteiger partial charge in [-0.05, 0) is 40.9 Å². The standard InChI is InChI=1S/C13H12BrF2N3/c14-11-9(3-4-10(15)12(11)16)13-18-6-8(19-13)5-17-7-1-2-7/h3-4,6-7,17H,1-2,5H2,(H,18,19). The summed E-state index contributed by atoms with van der Waals surface area (Å²) in [5, 5.41) is 3.36. The fourth-order valence-corrected chi connectivity index (χ4v) is 2.35. The Kier molecular flexibility index (Phi) is 3.36. The van der Waals surface area contributed by atoms with Crippen molar-refractivity contribution in [2.45, 2.75) is 25.4 Å². The van der Waals surface area contributed by atoms with E-state index in [1.165, 1.54) is 18.9 Å². The van der Waals surface area contributed by atoms with Gasteiger partial charge < -0.3 is 10.3 Å². The van der Waals surface area contributed by atoms with Gasteiger partial charge in [0.15, 0.2) is 11.6 Å². The number of halogens is 3. The molecule has 1 aromatic carbocycles. The summed E-state index contributed by atoms with van der Waals surface area (Å²) in [5.41, 5.74) is 1.44. The first kappa shape index (κ1) is 12.7. The quantitative estimate of drug-likeness (QED) is 0.845. The van der Waals surface area contributed by atoms with E-state index in [2.05, 4.69) is 31.2 Å². The molecule has 1 saturated carbocycles. The largest absolute Gasteiger partial charge is 0.341 e. The zero-order chi connectivity index (χ0) is 13.4. The minimum Gasteiger partial charge on any atom is -0.341 e. The van der Waals surface area contributed by atoms with Crippen LogP contribution >= 0.6 is 15.9 Å². The van der Waals surface area contributed by atoms with Gasteiger partial charge >= 0.3 is 0 Å². The van der Waals surface area contributed by atoms with Crippen LogP contribution < -0.4 is 5.32 Å². The van der Waals surface area contributed by atoms with E-state index in [-0.39, 0.29) is 4.47 Å².